The lowest BCUT2D eigenvalue weighted by Gasteiger charge is -2.23. The quantitative estimate of drug-likeness (QED) is 0.438. The summed E-state index contributed by atoms with van der Waals surface area (Å²) in [5, 5.41) is 5.43. The minimum absolute atomic E-state index is 0.0474. The van der Waals surface area contributed by atoms with Crippen LogP contribution in [0.4, 0.5) is 4.79 Å². The Morgan fingerprint density at radius 2 is 1.94 bits per heavy atom. The number of rotatable bonds is 8. The molecule has 3 heterocycles. The molecule has 0 bridgehead atoms. The van der Waals surface area contributed by atoms with E-state index in [0.717, 1.165) is 5.56 Å². The maximum absolute atomic E-state index is 13.5. The van der Waals surface area contributed by atoms with Crippen molar-refractivity contribution in [2.45, 2.75) is 25.3 Å². The van der Waals surface area contributed by atoms with E-state index in [1.807, 2.05) is 48.7 Å². The normalized spacial score (nSPS) is 17.2. The van der Waals surface area contributed by atoms with Crippen molar-refractivity contribution in [2.75, 3.05) is 13.7 Å². The molecule has 10 heteroatoms. The van der Waals surface area contributed by atoms with Crippen LogP contribution in [0, 0.1) is 0 Å². The second kappa shape index (κ2) is 9.75. The van der Waals surface area contributed by atoms with Crippen molar-refractivity contribution >= 4 is 29.4 Å². The Labute approximate surface area is 206 Å². The summed E-state index contributed by atoms with van der Waals surface area (Å²) in [6.07, 6.45) is 1.79. The lowest BCUT2D eigenvalue weighted by atomic mass is 10.1. The van der Waals surface area contributed by atoms with E-state index >= 15 is 0 Å². The van der Waals surface area contributed by atoms with Crippen LogP contribution in [0.3, 0.4) is 0 Å². The van der Waals surface area contributed by atoms with E-state index < -0.39 is 11.3 Å². The van der Waals surface area contributed by atoms with Crippen molar-refractivity contribution in [3.05, 3.63) is 71.5 Å². The van der Waals surface area contributed by atoms with Crippen LogP contribution in [0.15, 0.2) is 64.5 Å². The highest BCUT2D eigenvalue weighted by Gasteiger charge is 2.49. The number of methoxy groups -OCH3 is 1. The van der Waals surface area contributed by atoms with Crippen molar-refractivity contribution in [2.24, 2.45) is 0 Å². The molecule has 3 aromatic rings. The average molecular weight is 492 g/mol. The Balaban J connectivity index is 1.42. The van der Waals surface area contributed by atoms with Gasteiger partial charge in [0.15, 0.2) is 11.8 Å². The largest absolute Gasteiger partial charge is 0.501 e. The van der Waals surface area contributed by atoms with Gasteiger partial charge < -0.3 is 14.0 Å². The summed E-state index contributed by atoms with van der Waals surface area (Å²) >= 11 is 1.37. The molecule has 3 amide bonds. The molecular formula is C25H23N4O5S+. The molecule has 9 nitrogen and oxygen atoms in total. The molecule has 1 atom stereocenters. The number of carbonyl (C=O) groups is 2. The standard InChI is InChI=1S/C25H23N4O5S/c1-3-33-20-7-5-4-6-18(20)23-26-21(34-27-23)15-28-19-12-13-35-22(19)24(30)29(25(28)31)14-16-8-10-17(32-2)11-9-16/h4-13,22H,3,14-15H2,1-2H3/q+1. The number of thioether (sulfide) groups is 1. The highest BCUT2D eigenvalue weighted by atomic mass is 32.2. The lowest BCUT2D eigenvalue weighted by molar-refractivity contribution is -0.458. The van der Waals surface area contributed by atoms with Gasteiger partial charge in [0.25, 0.3) is 5.89 Å². The van der Waals surface area contributed by atoms with Gasteiger partial charge in [-0.1, -0.05) is 29.4 Å². The Hall–Kier alpha value is -3.92. The number of allylic oxidation sites excluding steroid dienone is 1. The first kappa shape index (κ1) is 22.9. The van der Waals surface area contributed by atoms with Gasteiger partial charge in [0.1, 0.15) is 23.8 Å². The van der Waals surface area contributed by atoms with Gasteiger partial charge in [0.05, 0.1) is 19.3 Å². The molecule has 0 N–H and O–H groups in total. The maximum atomic E-state index is 13.5. The third-order valence-electron chi connectivity index (χ3n) is 5.67. The van der Waals surface area contributed by atoms with Gasteiger partial charge in [-0.2, -0.15) is 19.3 Å². The molecule has 1 aromatic heterocycles. The van der Waals surface area contributed by atoms with E-state index in [-0.39, 0.29) is 24.9 Å². The molecule has 0 aliphatic carbocycles. The topological polar surface area (TPSA) is 97.8 Å². The predicted molar refractivity (Wildman–Crippen MR) is 129 cm³/mol. The van der Waals surface area contributed by atoms with Crippen LogP contribution in [0.2, 0.25) is 0 Å². The molecule has 2 aromatic carbocycles. The molecule has 5 rings (SSSR count). The summed E-state index contributed by atoms with van der Waals surface area (Å²) in [5.74, 6) is 1.74. The van der Waals surface area contributed by atoms with E-state index in [1.165, 1.54) is 21.2 Å². The van der Waals surface area contributed by atoms with Crippen molar-refractivity contribution in [3.8, 4) is 22.9 Å². The number of fused-ring (bicyclic) bond motifs is 1. The van der Waals surface area contributed by atoms with Crippen LogP contribution < -0.4 is 9.47 Å². The molecule has 0 saturated carbocycles. The number of nitrogens with zero attached hydrogens (tertiary/aromatic N) is 4. The third kappa shape index (κ3) is 4.44. The first-order valence-corrected chi connectivity index (χ1v) is 12.0. The highest BCUT2D eigenvalue weighted by molar-refractivity contribution is 8.04. The molecule has 1 unspecified atom stereocenters. The number of urea groups is 1. The molecule has 178 valence electrons. The van der Waals surface area contributed by atoms with E-state index in [2.05, 4.69) is 10.1 Å². The van der Waals surface area contributed by atoms with Gasteiger partial charge in [0.2, 0.25) is 5.82 Å². The van der Waals surface area contributed by atoms with Crippen LogP contribution in [0.25, 0.3) is 11.4 Å². The van der Waals surface area contributed by atoms with Crippen LogP contribution >= 0.6 is 11.8 Å². The Kier molecular flexibility index (Phi) is 6.37. The fraction of sp³-hybridized carbons (Fsp3) is 0.240. The second-order valence-electron chi connectivity index (χ2n) is 7.83. The highest BCUT2D eigenvalue weighted by Crippen LogP contribution is 2.30. The molecule has 2 aliphatic heterocycles. The van der Waals surface area contributed by atoms with Gasteiger partial charge in [0, 0.05) is 0 Å². The fourth-order valence-electron chi connectivity index (χ4n) is 3.97. The minimum atomic E-state index is -0.493. The van der Waals surface area contributed by atoms with E-state index in [4.69, 9.17) is 14.0 Å². The summed E-state index contributed by atoms with van der Waals surface area (Å²) in [4.78, 5) is 32.4. The summed E-state index contributed by atoms with van der Waals surface area (Å²) in [7, 11) is 1.59. The lowest BCUT2D eigenvalue weighted by Crippen LogP contribution is -2.54. The molecular weight excluding hydrogens is 468 g/mol. The summed E-state index contributed by atoms with van der Waals surface area (Å²) in [5.41, 5.74) is 2.14. The van der Waals surface area contributed by atoms with E-state index in [9.17, 15) is 9.59 Å². The zero-order valence-corrected chi connectivity index (χ0v) is 20.0. The number of hydrogen-bond donors (Lipinski definition) is 0. The SMILES string of the molecule is CCOc1ccccc1-c1noc(C[N+]2=C3C=CSC3C(=O)N(Cc3ccc(OC)cc3)C2=O)n1. The zero-order chi connectivity index (χ0) is 24.4. The Morgan fingerprint density at radius 1 is 1.14 bits per heavy atom. The molecule has 35 heavy (non-hydrogen) atoms. The first-order chi connectivity index (χ1) is 17.1. The van der Waals surface area contributed by atoms with Crippen LogP contribution in [-0.2, 0) is 17.9 Å². The molecule has 0 saturated heterocycles. The maximum Gasteiger partial charge on any atom is 0.501 e. The number of amides is 3. The van der Waals surface area contributed by atoms with Gasteiger partial charge in [-0.25, -0.2) is 4.79 Å². The number of imide groups is 1. The molecule has 2 aliphatic rings. The van der Waals surface area contributed by atoms with E-state index in [1.54, 1.807) is 25.3 Å². The summed E-state index contributed by atoms with van der Waals surface area (Å²) in [6, 6.07) is 14.3. The van der Waals surface area contributed by atoms with Crippen LogP contribution in [0.1, 0.15) is 18.4 Å². The Bertz CT molecular complexity index is 1330. The smallest absolute Gasteiger partial charge is 0.497 e. The third-order valence-corrected chi connectivity index (χ3v) is 6.68. The van der Waals surface area contributed by atoms with E-state index in [0.29, 0.717) is 35.2 Å². The zero-order valence-electron chi connectivity index (χ0n) is 19.2. The van der Waals surface area contributed by atoms with Crippen molar-refractivity contribution < 1.29 is 28.2 Å². The predicted octanol–water partition coefficient (Wildman–Crippen LogP) is 3.89. The number of ether oxygens (including phenoxy) is 2. The van der Waals surface area contributed by atoms with Gasteiger partial charge in [-0.05, 0) is 48.2 Å². The molecule has 0 fully saturated rings. The number of aromatic nitrogens is 2. The fourth-order valence-corrected chi connectivity index (χ4v) is 4.93. The van der Waals surface area contributed by atoms with Crippen LogP contribution in [-0.4, -0.2) is 56.2 Å². The van der Waals surface area contributed by atoms with Gasteiger partial charge in [-0.15, -0.1) is 11.8 Å². The van der Waals surface area contributed by atoms with Crippen molar-refractivity contribution in [1.82, 2.24) is 15.0 Å². The van der Waals surface area contributed by atoms with Crippen molar-refractivity contribution in [3.63, 3.8) is 0 Å². The molecule has 0 spiro atoms. The number of hydrogen-bond acceptors (Lipinski definition) is 8. The first-order valence-electron chi connectivity index (χ1n) is 11.1. The monoisotopic (exact) mass is 491 g/mol. The average Bonchev–Trinajstić information content (AvgIpc) is 3.55. The number of carbonyl (C=O) groups excluding carboxylic acids is 2. The van der Waals surface area contributed by atoms with Gasteiger partial charge in [-0.3, -0.25) is 0 Å². The summed E-state index contributed by atoms with van der Waals surface area (Å²) < 4.78 is 17.9. The molecule has 0 radical (unpaired) electrons. The minimum Gasteiger partial charge on any atom is -0.497 e. The van der Waals surface area contributed by atoms with Gasteiger partial charge >= 0.3 is 11.9 Å². The number of benzene rings is 2. The second-order valence-corrected chi connectivity index (χ2v) is 8.84. The summed E-state index contributed by atoms with van der Waals surface area (Å²) in [6.45, 7) is 2.61. The van der Waals surface area contributed by atoms with Crippen LogP contribution in [0.5, 0.6) is 11.5 Å². The Morgan fingerprint density at radius 3 is 2.71 bits per heavy atom. The number of para-hydroxylation sites is 1. The van der Waals surface area contributed by atoms with Crippen molar-refractivity contribution in [1.29, 1.82) is 0 Å².